The number of rotatable bonds is 4. The van der Waals surface area contributed by atoms with E-state index in [9.17, 15) is 4.79 Å². The number of hydrazone groups is 1. The van der Waals surface area contributed by atoms with Crippen LogP contribution in [0.4, 0.5) is 10.5 Å². The van der Waals surface area contributed by atoms with E-state index in [1.54, 1.807) is 37.6 Å². The first-order chi connectivity index (χ1) is 9.28. The van der Waals surface area contributed by atoms with E-state index in [0.717, 1.165) is 25.1 Å². The first-order valence-corrected chi connectivity index (χ1v) is 6.25. The lowest BCUT2D eigenvalue weighted by molar-refractivity contribution is 0.252. The Bertz CT molecular complexity index is 438. The number of benzene rings is 1. The Kier molecular flexibility index (Phi) is 4.74. The number of methoxy groups -OCH3 is 1. The molecule has 1 aromatic carbocycles. The predicted octanol–water partition coefficient (Wildman–Crippen LogP) is 1.55. The molecule has 1 fully saturated rings. The first-order valence-electron chi connectivity index (χ1n) is 6.25. The van der Waals surface area contributed by atoms with Crippen molar-refractivity contribution in [3.63, 3.8) is 0 Å². The molecule has 1 atom stereocenters. The smallest absolute Gasteiger partial charge is 0.339 e. The number of nitrogens with one attached hydrogen (secondary N) is 3. The van der Waals surface area contributed by atoms with Crippen LogP contribution in [0.15, 0.2) is 29.4 Å². The number of hydrogen-bond acceptors (Lipinski definition) is 4. The lowest BCUT2D eigenvalue weighted by atomic mass is 10.2. The third-order valence-electron chi connectivity index (χ3n) is 2.87. The van der Waals surface area contributed by atoms with Gasteiger partial charge in [-0.2, -0.15) is 5.10 Å². The quantitative estimate of drug-likeness (QED) is 0.569. The zero-order valence-corrected chi connectivity index (χ0v) is 10.8. The maximum absolute atomic E-state index is 11.6. The fraction of sp³-hybridized carbons (Fsp3) is 0.385. The van der Waals surface area contributed by atoms with Crippen LogP contribution >= 0.6 is 0 Å². The Balaban J connectivity index is 1.76. The van der Waals surface area contributed by atoms with E-state index in [1.165, 1.54) is 0 Å². The highest BCUT2D eigenvalue weighted by Crippen LogP contribution is 2.14. The maximum atomic E-state index is 11.6. The molecule has 0 radical (unpaired) electrons. The number of ether oxygens (including phenoxy) is 1. The Morgan fingerprint density at radius 3 is 2.89 bits per heavy atom. The van der Waals surface area contributed by atoms with E-state index in [-0.39, 0.29) is 12.1 Å². The second kappa shape index (κ2) is 6.75. The summed E-state index contributed by atoms with van der Waals surface area (Å²) in [6, 6.07) is 6.99. The molecule has 102 valence electrons. The van der Waals surface area contributed by atoms with E-state index in [0.29, 0.717) is 5.69 Å². The van der Waals surface area contributed by atoms with Crippen molar-refractivity contribution in [2.45, 2.75) is 18.9 Å². The normalized spacial score (nSPS) is 18.5. The number of carbonyl (C=O) groups is 1. The Morgan fingerprint density at radius 2 is 2.26 bits per heavy atom. The fourth-order valence-corrected chi connectivity index (χ4v) is 1.86. The first kappa shape index (κ1) is 13.4. The Hall–Kier alpha value is -2.08. The topological polar surface area (TPSA) is 74.8 Å². The zero-order valence-electron chi connectivity index (χ0n) is 10.8. The van der Waals surface area contributed by atoms with Crippen molar-refractivity contribution >= 4 is 17.9 Å². The van der Waals surface area contributed by atoms with Crippen LogP contribution in [0.25, 0.3) is 0 Å². The van der Waals surface area contributed by atoms with E-state index >= 15 is 0 Å². The van der Waals surface area contributed by atoms with Gasteiger partial charge in [0.05, 0.1) is 7.11 Å². The molecule has 6 nitrogen and oxygen atoms in total. The van der Waals surface area contributed by atoms with Gasteiger partial charge in [-0.3, -0.25) is 0 Å². The zero-order chi connectivity index (χ0) is 13.5. The molecule has 0 aromatic heterocycles. The summed E-state index contributed by atoms with van der Waals surface area (Å²) in [5.41, 5.74) is 3.12. The molecule has 1 unspecified atom stereocenters. The van der Waals surface area contributed by atoms with Crippen LogP contribution in [-0.4, -0.2) is 31.9 Å². The van der Waals surface area contributed by atoms with Crippen molar-refractivity contribution in [1.29, 1.82) is 0 Å². The summed E-state index contributed by atoms with van der Waals surface area (Å²) in [5.74, 6) is 0.747. The molecular formula is C13H18N4O2. The summed E-state index contributed by atoms with van der Waals surface area (Å²) in [6.45, 7) is 1.01. The molecule has 2 amide bonds. The van der Waals surface area contributed by atoms with Crippen molar-refractivity contribution in [2.75, 3.05) is 19.0 Å². The van der Waals surface area contributed by atoms with Crippen molar-refractivity contribution in [2.24, 2.45) is 5.10 Å². The molecule has 19 heavy (non-hydrogen) atoms. The van der Waals surface area contributed by atoms with Gasteiger partial charge < -0.3 is 15.4 Å². The van der Waals surface area contributed by atoms with Gasteiger partial charge in [0, 0.05) is 17.9 Å². The predicted molar refractivity (Wildman–Crippen MR) is 74.7 cm³/mol. The van der Waals surface area contributed by atoms with Crippen LogP contribution in [-0.2, 0) is 0 Å². The van der Waals surface area contributed by atoms with Crippen molar-refractivity contribution in [1.82, 2.24) is 10.7 Å². The average Bonchev–Trinajstić information content (AvgIpc) is 2.93. The van der Waals surface area contributed by atoms with Gasteiger partial charge in [-0.15, -0.1) is 0 Å². The molecule has 1 aliphatic heterocycles. The van der Waals surface area contributed by atoms with Gasteiger partial charge in [0.15, 0.2) is 0 Å². The monoisotopic (exact) mass is 262 g/mol. The Morgan fingerprint density at radius 1 is 1.47 bits per heavy atom. The van der Waals surface area contributed by atoms with Gasteiger partial charge in [-0.25, -0.2) is 10.2 Å². The third-order valence-corrected chi connectivity index (χ3v) is 2.87. The number of anilines is 1. The van der Waals surface area contributed by atoms with E-state index in [4.69, 9.17) is 4.74 Å². The van der Waals surface area contributed by atoms with Crippen molar-refractivity contribution in [3.8, 4) is 5.75 Å². The maximum Gasteiger partial charge on any atom is 0.339 e. The largest absolute Gasteiger partial charge is 0.497 e. The molecule has 3 N–H and O–H groups in total. The van der Waals surface area contributed by atoms with Crippen LogP contribution in [0.2, 0.25) is 0 Å². The molecule has 0 bridgehead atoms. The highest BCUT2D eigenvalue weighted by atomic mass is 16.5. The van der Waals surface area contributed by atoms with Crippen LogP contribution in [0.5, 0.6) is 5.75 Å². The minimum atomic E-state index is -0.362. The fourth-order valence-electron chi connectivity index (χ4n) is 1.86. The molecule has 0 spiro atoms. The summed E-state index contributed by atoms with van der Waals surface area (Å²) >= 11 is 0. The molecule has 1 heterocycles. The second-order valence-electron chi connectivity index (χ2n) is 4.28. The summed E-state index contributed by atoms with van der Waals surface area (Å²) in [6.07, 6.45) is 3.93. The lowest BCUT2D eigenvalue weighted by Crippen LogP contribution is -2.27. The van der Waals surface area contributed by atoms with Crippen LogP contribution in [0.3, 0.4) is 0 Å². The van der Waals surface area contributed by atoms with E-state index in [1.807, 2.05) is 0 Å². The van der Waals surface area contributed by atoms with Gasteiger partial charge in [0.2, 0.25) is 0 Å². The van der Waals surface area contributed by atoms with E-state index in [2.05, 4.69) is 21.2 Å². The second-order valence-corrected chi connectivity index (χ2v) is 4.28. The summed E-state index contributed by atoms with van der Waals surface area (Å²) in [7, 11) is 1.60. The van der Waals surface area contributed by atoms with Gasteiger partial charge in [0.25, 0.3) is 0 Å². The average molecular weight is 262 g/mol. The third kappa shape index (κ3) is 4.26. The number of urea groups is 1. The van der Waals surface area contributed by atoms with Crippen LogP contribution in [0.1, 0.15) is 12.8 Å². The number of amides is 2. The lowest BCUT2D eigenvalue weighted by Gasteiger charge is -2.06. The number of nitrogens with zero attached hydrogens (tertiary/aromatic N) is 1. The molecular weight excluding hydrogens is 244 g/mol. The highest BCUT2D eigenvalue weighted by molar-refractivity contribution is 5.89. The molecule has 2 rings (SSSR count). The summed E-state index contributed by atoms with van der Waals surface area (Å²) in [4.78, 5) is 11.6. The van der Waals surface area contributed by atoms with Crippen LogP contribution in [0, 0.1) is 0 Å². The molecule has 0 aliphatic carbocycles. The molecule has 1 aromatic rings. The Labute approximate surface area is 112 Å². The summed E-state index contributed by atoms with van der Waals surface area (Å²) < 4.78 is 5.04. The SMILES string of the molecule is COc1ccc(NC(=O)N/N=C\C2CCCN2)cc1. The number of carbonyl (C=O) groups excluding carboxylic acids is 1. The van der Waals surface area contributed by atoms with E-state index < -0.39 is 0 Å². The van der Waals surface area contributed by atoms with Gasteiger partial charge in [-0.05, 0) is 43.7 Å². The van der Waals surface area contributed by atoms with Gasteiger partial charge in [-0.1, -0.05) is 0 Å². The van der Waals surface area contributed by atoms with Crippen molar-refractivity contribution in [3.05, 3.63) is 24.3 Å². The molecule has 0 saturated carbocycles. The van der Waals surface area contributed by atoms with Gasteiger partial charge >= 0.3 is 6.03 Å². The van der Waals surface area contributed by atoms with Crippen molar-refractivity contribution < 1.29 is 9.53 Å². The molecule has 1 saturated heterocycles. The minimum Gasteiger partial charge on any atom is -0.497 e. The number of hydrogen-bond donors (Lipinski definition) is 3. The minimum absolute atomic E-state index is 0.265. The molecule has 6 heteroatoms. The standard InChI is InChI=1S/C13H18N4O2/c1-19-12-6-4-10(5-7-12)16-13(18)17-15-9-11-3-2-8-14-11/h4-7,9,11,14H,2-3,8H2,1H3,(H2,16,17,18)/b15-9-. The van der Waals surface area contributed by atoms with Crippen LogP contribution < -0.4 is 20.8 Å². The highest BCUT2D eigenvalue weighted by Gasteiger charge is 2.10. The van der Waals surface area contributed by atoms with Gasteiger partial charge in [0.1, 0.15) is 5.75 Å². The summed E-state index contributed by atoms with van der Waals surface area (Å²) in [5, 5.41) is 9.85. The molecule has 1 aliphatic rings.